The van der Waals surface area contributed by atoms with Gasteiger partial charge in [0.25, 0.3) is 10.2 Å². The summed E-state index contributed by atoms with van der Waals surface area (Å²) in [4.78, 5) is 0. The Hall–Kier alpha value is -0.170. The SMILES string of the molecule is CC(O)C1CCN(S(=O)(=O)N(C)C(C)C)CC1. The molecule has 5 nitrogen and oxygen atoms in total. The van der Waals surface area contributed by atoms with Crippen LogP contribution in [0.2, 0.25) is 0 Å². The molecule has 1 aliphatic heterocycles. The lowest BCUT2D eigenvalue weighted by molar-refractivity contribution is 0.0897. The molecule has 1 N–H and O–H groups in total. The van der Waals surface area contributed by atoms with Crippen LogP contribution in [0.3, 0.4) is 0 Å². The van der Waals surface area contributed by atoms with Crippen molar-refractivity contribution >= 4 is 10.2 Å². The highest BCUT2D eigenvalue weighted by Crippen LogP contribution is 2.23. The Morgan fingerprint density at radius 1 is 1.24 bits per heavy atom. The number of hydrogen-bond acceptors (Lipinski definition) is 3. The fraction of sp³-hybridized carbons (Fsp3) is 1.00. The summed E-state index contributed by atoms with van der Waals surface area (Å²) in [5.41, 5.74) is 0. The second-order valence-corrected chi connectivity index (χ2v) is 7.08. The van der Waals surface area contributed by atoms with E-state index >= 15 is 0 Å². The van der Waals surface area contributed by atoms with Crippen LogP contribution in [-0.4, -0.2) is 54.4 Å². The molecule has 17 heavy (non-hydrogen) atoms. The molecule has 1 atom stereocenters. The topological polar surface area (TPSA) is 60.9 Å². The minimum atomic E-state index is -3.33. The van der Waals surface area contributed by atoms with Crippen molar-refractivity contribution in [3.63, 3.8) is 0 Å². The van der Waals surface area contributed by atoms with Gasteiger partial charge in [0.1, 0.15) is 0 Å². The fourth-order valence-corrected chi connectivity index (χ4v) is 3.61. The normalized spacial score (nSPS) is 22.3. The summed E-state index contributed by atoms with van der Waals surface area (Å²) in [5, 5.41) is 9.49. The molecule has 6 heteroatoms. The summed E-state index contributed by atoms with van der Waals surface area (Å²) >= 11 is 0. The third-order valence-corrected chi connectivity index (χ3v) is 5.77. The van der Waals surface area contributed by atoms with Crippen LogP contribution in [0.25, 0.3) is 0 Å². The zero-order valence-corrected chi connectivity index (χ0v) is 11.9. The van der Waals surface area contributed by atoms with Crippen LogP contribution in [0, 0.1) is 5.92 Å². The van der Waals surface area contributed by atoms with Crippen LogP contribution >= 0.6 is 0 Å². The van der Waals surface area contributed by atoms with Gasteiger partial charge in [-0.3, -0.25) is 0 Å². The summed E-state index contributed by atoms with van der Waals surface area (Å²) in [7, 11) is -1.71. The maximum absolute atomic E-state index is 12.2. The maximum Gasteiger partial charge on any atom is 0.281 e. The van der Waals surface area contributed by atoms with E-state index in [4.69, 9.17) is 0 Å². The monoisotopic (exact) mass is 264 g/mol. The smallest absolute Gasteiger partial charge is 0.281 e. The van der Waals surface area contributed by atoms with E-state index < -0.39 is 10.2 Å². The summed E-state index contributed by atoms with van der Waals surface area (Å²) in [6.45, 7) is 6.51. The highest BCUT2D eigenvalue weighted by Gasteiger charge is 2.33. The fourth-order valence-electron chi connectivity index (χ4n) is 2.04. The van der Waals surface area contributed by atoms with E-state index in [0.29, 0.717) is 13.1 Å². The van der Waals surface area contributed by atoms with Gasteiger partial charge in [0, 0.05) is 26.2 Å². The summed E-state index contributed by atoms with van der Waals surface area (Å²) < 4.78 is 27.3. The summed E-state index contributed by atoms with van der Waals surface area (Å²) in [6, 6.07) is -0.0329. The standard InChI is InChI=1S/C11H24N2O3S/c1-9(2)12(4)17(15,16)13-7-5-11(6-8-13)10(3)14/h9-11,14H,5-8H2,1-4H3. The van der Waals surface area contributed by atoms with E-state index in [0.717, 1.165) is 12.8 Å². The van der Waals surface area contributed by atoms with Crippen LogP contribution in [0.5, 0.6) is 0 Å². The third-order valence-electron chi connectivity index (χ3n) is 3.60. The molecule has 0 radical (unpaired) electrons. The van der Waals surface area contributed by atoms with E-state index in [-0.39, 0.29) is 18.1 Å². The largest absolute Gasteiger partial charge is 0.393 e. The minimum Gasteiger partial charge on any atom is -0.393 e. The Labute approximate surface area is 105 Å². The average molecular weight is 264 g/mol. The number of hydrogen-bond donors (Lipinski definition) is 1. The number of rotatable bonds is 4. The van der Waals surface area contributed by atoms with E-state index in [1.807, 2.05) is 13.8 Å². The average Bonchev–Trinajstić information content (AvgIpc) is 2.27. The van der Waals surface area contributed by atoms with Crippen molar-refractivity contribution < 1.29 is 13.5 Å². The maximum atomic E-state index is 12.2. The van der Waals surface area contributed by atoms with Gasteiger partial charge in [-0.1, -0.05) is 0 Å². The van der Waals surface area contributed by atoms with Gasteiger partial charge in [-0.05, 0) is 39.5 Å². The molecule has 0 aromatic carbocycles. The van der Waals surface area contributed by atoms with Gasteiger partial charge < -0.3 is 5.11 Å². The lowest BCUT2D eigenvalue weighted by atomic mass is 9.93. The quantitative estimate of drug-likeness (QED) is 0.811. The number of piperidine rings is 1. The second-order valence-electron chi connectivity index (χ2n) is 5.09. The molecule has 1 fully saturated rings. The molecule has 0 aromatic heterocycles. The molecule has 1 saturated heterocycles. The van der Waals surface area contributed by atoms with E-state index in [9.17, 15) is 13.5 Å². The van der Waals surface area contributed by atoms with Crippen molar-refractivity contribution in [3.8, 4) is 0 Å². The lowest BCUT2D eigenvalue weighted by Gasteiger charge is -2.35. The van der Waals surface area contributed by atoms with Gasteiger partial charge in [0.05, 0.1) is 6.10 Å². The molecular weight excluding hydrogens is 240 g/mol. The van der Waals surface area contributed by atoms with E-state index in [2.05, 4.69) is 0 Å². The molecule has 0 aliphatic carbocycles. The molecule has 0 saturated carbocycles. The lowest BCUT2D eigenvalue weighted by Crippen LogP contribution is -2.48. The number of aliphatic hydroxyl groups is 1. The Bertz CT molecular complexity index is 333. The highest BCUT2D eigenvalue weighted by molar-refractivity contribution is 7.86. The number of nitrogens with zero attached hydrogens (tertiary/aromatic N) is 2. The summed E-state index contributed by atoms with van der Waals surface area (Å²) in [6.07, 6.45) is 1.13. The molecule has 1 heterocycles. The first kappa shape index (κ1) is 14.9. The van der Waals surface area contributed by atoms with Crippen molar-refractivity contribution in [2.24, 2.45) is 5.92 Å². The first-order valence-corrected chi connectivity index (χ1v) is 7.57. The zero-order valence-electron chi connectivity index (χ0n) is 11.1. The predicted octanol–water partition coefficient (Wildman–Crippen LogP) is 0.664. The van der Waals surface area contributed by atoms with Crippen LogP contribution in [-0.2, 0) is 10.2 Å². The first-order chi connectivity index (χ1) is 7.76. The third kappa shape index (κ3) is 3.40. The van der Waals surface area contributed by atoms with Gasteiger partial charge in [-0.2, -0.15) is 17.0 Å². The first-order valence-electron chi connectivity index (χ1n) is 6.18. The minimum absolute atomic E-state index is 0.0329. The zero-order chi connectivity index (χ0) is 13.2. The van der Waals surface area contributed by atoms with Gasteiger partial charge in [-0.25, -0.2) is 0 Å². The molecule has 1 rings (SSSR count). The Kier molecular flexibility index (Phi) is 4.95. The van der Waals surface area contributed by atoms with Crippen molar-refractivity contribution in [2.45, 2.75) is 45.8 Å². The van der Waals surface area contributed by atoms with Gasteiger partial charge in [0.15, 0.2) is 0 Å². The molecule has 0 spiro atoms. The van der Waals surface area contributed by atoms with Crippen molar-refractivity contribution in [1.82, 2.24) is 8.61 Å². The molecular formula is C11H24N2O3S. The van der Waals surface area contributed by atoms with Gasteiger partial charge >= 0.3 is 0 Å². The molecule has 102 valence electrons. The van der Waals surface area contributed by atoms with E-state index in [1.165, 1.54) is 8.61 Å². The summed E-state index contributed by atoms with van der Waals surface area (Å²) in [5.74, 6) is 0.228. The van der Waals surface area contributed by atoms with Crippen molar-refractivity contribution in [2.75, 3.05) is 20.1 Å². The van der Waals surface area contributed by atoms with Crippen LogP contribution in [0.4, 0.5) is 0 Å². The number of aliphatic hydroxyl groups excluding tert-OH is 1. The predicted molar refractivity (Wildman–Crippen MR) is 67.8 cm³/mol. The van der Waals surface area contributed by atoms with Gasteiger partial charge in [-0.15, -0.1) is 0 Å². The molecule has 1 unspecified atom stereocenters. The van der Waals surface area contributed by atoms with Gasteiger partial charge in [0.2, 0.25) is 0 Å². The Balaban J connectivity index is 2.65. The Morgan fingerprint density at radius 2 is 1.71 bits per heavy atom. The molecule has 1 aliphatic rings. The van der Waals surface area contributed by atoms with E-state index in [1.54, 1.807) is 14.0 Å². The van der Waals surface area contributed by atoms with Crippen molar-refractivity contribution in [3.05, 3.63) is 0 Å². The van der Waals surface area contributed by atoms with Crippen molar-refractivity contribution in [1.29, 1.82) is 0 Å². The Morgan fingerprint density at radius 3 is 2.06 bits per heavy atom. The second kappa shape index (κ2) is 5.65. The molecule has 0 aromatic rings. The molecule has 0 bridgehead atoms. The van der Waals surface area contributed by atoms with Crippen LogP contribution in [0.1, 0.15) is 33.6 Å². The van der Waals surface area contributed by atoms with Crippen LogP contribution in [0.15, 0.2) is 0 Å². The molecule has 0 amide bonds. The van der Waals surface area contributed by atoms with Crippen LogP contribution < -0.4 is 0 Å². The highest BCUT2D eigenvalue weighted by atomic mass is 32.2.